The summed E-state index contributed by atoms with van der Waals surface area (Å²) in [5.74, 6) is 2.35. The Morgan fingerprint density at radius 2 is 1.65 bits per heavy atom. The number of hydrogen-bond acceptors (Lipinski definition) is 5. The number of non-ortho nitro benzene ring substituents is 1. The molecule has 8 heteroatoms. The zero-order valence-corrected chi connectivity index (χ0v) is 15.6. The molecule has 4 aliphatic rings. The molecule has 0 saturated heterocycles. The molecule has 1 aromatic carbocycles. The number of benzene rings is 1. The van der Waals surface area contributed by atoms with E-state index in [0.29, 0.717) is 11.8 Å². The van der Waals surface area contributed by atoms with Gasteiger partial charge in [-0.2, -0.15) is 0 Å². The molecule has 4 aliphatic carbocycles. The van der Waals surface area contributed by atoms with Crippen molar-refractivity contribution in [3.8, 4) is 0 Å². The highest BCUT2D eigenvalue weighted by Crippen LogP contribution is 2.59. The van der Waals surface area contributed by atoms with Crippen LogP contribution in [0.25, 0.3) is 0 Å². The number of nitro benzene ring substituents is 1. The van der Waals surface area contributed by atoms with Crippen molar-refractivity contribution in [2.45, 2.75) is 42.6 Å². The van der Waals surface area contributed by atoms with Gasteiger partial charge in [0, 0.05) is 25.8 Å². The third-order valence-electron chi connectivity index (χ3n) is 6.80. The normalized spacial score (nSPS) is 35.6. The Kier molecular flexibility index (Phi) is 4.32. The first-order valence-corrected chi connectivity index (χ1v) is 10.6. The fraction of sp³-hybridized carbons (Fsp3) is 0.667. The average Bonchev–Trinajstić information content (AvgIpc) is 2.61. The molecule has 0 heterocycles. The maximum atomic E-state index is 12.7. The molecule has 0 amide bonds. The molecule has 1 N–H and O–H groups in total. The van der Waals surface area contributed by atoms with E-state index in [1.165, 1.54) is 30.7 Å². The summed E-state index contributed by atoms with van der Waals surface area (Å²) in [7, 11) is -2.04. The monoisotopic (exact) mass is 380 g/mol. The lowest BCUT2D eigenvalue weighted by Gasteiger charge is -2.60. The first-order chi connectivity index (χ1) is 12.3. The third kappa shape index (κ3) is 2.84. The van der Waals surface area contributed by atoms with E-state index in [1.807, 2.05) is 0 Å². The lowest BCUT2D eigenvalue weighted by Crippen LogP contribution is -2.63. The van der Waals surface area contributed by atoms with E-state index in [4.69, 9.17) is 4.74 Å². The molecule has 5 rings (SSSR count). The molecular formula is C18H24N2O5S. The van der Waals surface area contributed by atoms with Gasteiger partial charge in [-0.05, 0) is 67.9 Å². The summed E-state index contributed by atoms with van der Waals surface area (Å²) in [4.78, 5) is 10.2. The molecule has 0 unspecified atom stereocenters. The van der Waals surface area contributed by atoms with E-state index in [2.05, 4.69) is 4.72 Å². The summed E-state index contributed by atoms with van der Waals surface area (Å²) in [5.41, 5.74) is -0.556. The van der Waals surface area contributed by atoms with Crippen molar-refractivity contribution in [1.29, 1.82) is 0 Å². The predicted octanol–water partition coefficient (Wildman–Crippen LogP) is 2.71. The van der Waals surface area contributed by atoms with Crippen molar-refractivity contribution in [1.82, 2.24) is 4.72 Å². The van der Waals surface area contributed by atoms with Crippen molar-refractivity contribution in [3.05, 3.63) is 34.4 Å². The number of rotatable bonds is 6. The van der Waals surface area contributed by atoms with E-state index in [-0.39, 0.29) is 17.1 Å². The van der Waals surface area contributed by atoms with Gasteiger partial charge in [-0.25, -0.2) is 13.1 Å². The van der Waals surface area contributed by atoms with Gasteiger partial charge in [-0.15, -0.1) is 0 Å². The molecule has 0 spiro atoms. The quantitative estimate of drug-likeness (QED) is 0.604. The molecule has 7 nitrogen and oxygen atoms in total. The summed E-state index contributed by atoms with van der Waals surface area (Å²) in [6, 6.07) is 4.97. The average molecular weight is 380 g/mol. The smallest absolute Gasteiger partial charge is 0.269 e. The van der Waals surface area contributed by atoms with Crippen LogP contribution in [-0.4, -0.2) is 32.6 Å². The van der Waals surface area contributed by atoms with E-state index in [0.717, 1.165) is 37.5 Å². The molecule has 1 aromatic rings. The Bertz CT molecular complexity index is 777. The van der Waals surface area contributed by atoms with Crippen LogP contribution in [0.2, 0.25) is 0 Å². The number of nitro groups is 1. The molecule has 0 aromatic heterocycles. The molecular weight excluding hydrogens is 356 g/mol. The minimum Gasteiger partial charge on any atom is -0.376 e. The molecule has 4 bridgehead atoms. The zero-order chi connectivity index (χ0) is 18.5. The Hall–Kier alpha value is -1.51. The van der Waals surface area contributed by atoms with Crippen LogP contribution >= 0.6 is 0 Å². The summed E-state index contributed by atoms with van der Waals surface area (Å²) in [6.45, 7) is 0.262. The Morgan fingerprint density at radius 3 is 2.12 bits per heavy atom. The van der Waals surface area contributed by atoms with Crippen molar-refractivity contribution in [2.75, 3.05) is 13.7 Å². The number of sulfonamides is 1. The second-order valence-electron chi connectivity index (χ2n) is 8.04. The molecule has 0 radical (unpaired) electrons. The standard InChI is InChI=1S/C18H24N2O5S/c1-25-18(14-7-12-6-13(9-14)10-15(18)8-12)11-19-26(23,24)17-4-2-16(3-5-17)20(21)22/h2-5,12-15,19H,6-11H2,1H3. The minimum atomic E-state index is -3.74. The van der Waals surface area contributed by atoms with Crippen LogP contribution in [0, 0.1) is 33.8 Å². The summed E-state index contributed by atoms with van der Waals surface area (Å²) in [5, 5.41) is 10.7. The molecule has 0 atom stereocenters. The first-order valence-electron chi connectivity index (χ1n) is 9.13. The summed E-state index contributed by atoms with van der Waals surface area (Å²) >= 11 is 0. The molecule has 0 aliphatic heterocycles. The summed E-state index contributed by atoms with van der Waals surface area (Å²) in [6.07, 6.45) is 5.82. The highest BCUT2D eigenvalue weighted by atomic mass is 32.2. The van der Waals surface area contributed by atoms with E-state index < -0.39 is 20.5 Å². The topological polar surface area (TPSA) is 98.5 Å². The van der Waals surface area contributed by atoms with E-state index in [1.54, 1.807) is 7.11 Å². The van der Waals surface area contributed by atoms with Gasteiger partial charge in [-0.1, -0.05) is 0 Å². The van der Waals surface area contributed by atoms with Crippen molar-refractivity contribution in [2.24, 2.45) is 23.7 Å². The third-order valence-corrected chi connectivity index (χ3v) is 8.21. The molecule has 4 fully saturated rings. The fourth-order valence-electron chi connectivity index (χ4n) is 5.71. The Balaban J connectivity index is 1.52. The van der Waals surface area contributed by atoms with E-state index >= 15 is 0 Å². The van der Waals surface area contributed by atoms with Crippen LogP contribution < -0.4 is 4.72 Å². The Morgan fingerprint density at radius 1 is 1.12 bits per heavy atom. The molecule has 26 heavy (non-hydrogen) atoms. The van der Waals surface area contributed by atoms with Gasteiger partial charge in [0.25, 0.3) is 5.69 Å². The summed E-state index contributed by atoms with van der Waals surface area (Å²) < 4.78 is 34.0. The van der Waals surface area contributed by atoms with Crippen LogP contribution in [0.5, 0.6) is 0 Å². The fourth-order valence-corrected chi connectivity index (χ4v) is 6.79. The van der Waals surface area contributed by atoms with Crippen molar-refractivity contribution < 1.29 is 18.1 Å². The number of nitrogens with zero attached hydrogens (tertiary/aromatic N) is 1. The van der Waals surface area contributed by atoms with Crippen LogP contribution in [0.4, 0.5) is 5.69 Å². The highest BCUT2D eigenvalue weighted by Gasteiger charge is 2.57. The van der Waals surface area contributed by atoms with Crippen molar-refractivity contribution in [3.63, 3.8) is 0 Å². The van der Waals surface area contributed by atoms with Crippen LogP contribution in [0.15, 0.2) is 29.2 Å². The second kappa shape index (κ2) is 6.28. The van der Waals surface area contributed by atoms with Gasteiger partial charge in [-0.3, -0.25) is 10.1 Å². The minimum absolute atomic E-state index is 0.0400. The van der Waals surface area contributed by atoms with Crippen molar-refractivity contribution >= 4 is 15.7 Å². The van der Waals surface area contributed by atoms with Gasteiger partial charge >= 0.3 is 0 Å². The van der Waals surface area contributed by atoms with E-state index in [9.17, 15) is 18.5 Å². The first kappa shape index (κ1) is 17.9. The van der Waals surface area contributed by atoms with Gasteiger partial charge in [0.1, 0.15) is 0 Å². The maximum absolute atomic E-state index is 12.7. The van der Waals surface area contributed by atoms with Gasteiger partial charge in [0.2, 0.25) is 10.0 Å². The SMILES string of the molecule is COC1(CNS(=O)(=O)c2ccc([N+](=O)[O-])cc2)C2CC3CC(C2)CC1C3. The molecule has 142 valence electrons. The number of nitrogens with one attached hydrogen (secondary N) is 1. The highest BCUT2D eigenvalue weighted by molar-refractivity contribution is 7.89. The number of hydrogen-bond donors (Lipinski definition) is 1. The van der Waals surface area contributed by atoms with Crippen LogP contribution in [0.3, 0.4) is 0 Å². The zero-order valence-electron chi connectivity index (χ0n) is 14.8. The largest absolute Gasteiger partial charge is 0.376 e. The maximum Gasteiger partial charge on any atom is 0.269 e. The Labute approximate surface area is 153 Å². The van der Waals surface area contributed by atoms with Gasteiger partial charge in [0.15, 0.2) is 0 Å². The molecule has 4 saturated carbocycles. The predicted molar refractivity (Wildman–Crippen MR) is 95.1 cm³/mol. The van der Waals surface area contributed by atoms with Gasteiger partial charge in [0.05, 0.1) is 15.4 Å². The van der Waals surface area contributed by atoms with Crippen LogP contribution in [-0.2, 0) is 14.8 Å². The second-order valence-corrected chi connectivity index (χ2v) is 9.81. The lowest BCUT2D eigenvalue weighted by atomic mass is 9.50. The van der Waals surface area contributed by atoms with Crippen LogP contribution in [0.1, 0.15) is 32.1 Å². The number of methoxy groups -OCH3 is 1. The number of ether oxygens (including phenoxy) is 1. The lowest BCUT2D eigenvalue weighted by molar-refractivity contribution is -0.384. The van der Waals surface area contributed by atoms with Gasteiger partial charge < -0.3 is 4.74 Å².